The maximum Gasteiger partial charge on any atom is 0.319 e. The zero-order valence-corrected chi connectivity index (χ0v) is 15.6. The number of hydrogen-bond donors (Lipinski definition) is 2. The van der Waals surface area contributed by atoms with Crippen molar-refractivity contribution >= 4 is 21.6 Å². The first-order valence-corrected chi connectivity index (χ1v) is 9.68. The van der Waals surface area contributed by atoms with Gasteiger partial charge in [0.05, 0.1) is 11.0 Å². The van der Waals surface area contributed by atoms with Crippen LogP contribution in [0, 0.1) is 17.2 Å². The molecule has 0 heterocycles. The summed E-state index contributed by atoms with van der Waals surface area (Å²) in [5.74, 6) is 0.485. The van der Waals surface area contributed by atoms with Crippen LogP contribution >= 0.6 is 0 Å². The minimum Gasteiger partial charge on any atom is -0.381 e. The fourth-order valence-corrected chi connectivity index (χ4v) is 2.93. The molecule has 0 bridgehead atoms. The van der Waals surface area contributed by atoms with Gasteiger partial charge in [-0.2, -0.15) is 5.26 Å². The first-order chi connectivity index (χ1) is 11.8. The summed E-state index contributed by atoms with van der Waals surface area (Å²) in [6.45, 7) is 7.25. The fraction of sp³-hybridized carbons (Fsp3) is 0.529. The van der Waals surface area contributed by atoms with Gasteiger partial charge < -0.3 is 15.4 Å². The van der Waals surface area contributed by atoms with E-state index >= 15 is 0 Å². The van der Waals surface area contributed by atoms with E-state index in [1.165, 1.54) is 31.2 Å². The summed E-state index contributed by atoms with van der Waals surface area (Å²) in [6, 6.07) is 7.07. The molecule has 7 nitrogen and oxygen atoms in total. The lowest BCUT2D eigenvalue weighted by atomic mass is 10.2. The van der Waals surface area contributed by atoms with Crippen molar-refractivity contribution in [1.29, 1.82) is 5.26 Å². The Hall–Kier alpha value is -2.11. The predicted octanol–water partition coefficient (Wildman–Crippen LogP) is 2.56. The van der Waals surface area contributed by atoms with Gasteiger partial charge in [-0.15, -0.1) is 0 Å². The van der Waals surface area contributed by atoms with Gasteiger partial charge in [0.1, 0.15) is 5.25 Å². The Balaban J connectivity index is 2.43. The molecule has 0 radical (unpaired) electrons. The van der Waals surface area contributed by atoms with Gasteiger partial charge in [0.15, 0.2) is 9.84 Å². The lowest BCUT2D eigenvalue weighted by molar-refractivity contribution is 0.108. The third-order valence-corrected chi connectivity index (χ3v) is 5.26. The number of amides is 2. The van der Waals surface area contributed by atoms with Crippen molar-refractivity contribution in [1.82, 2.24) is 5.32 Å². The molecule has 0 saturated heterocycles. The number of carbonyl (C=O) groups excluding carboxylic acids is 1. The Kier molecular flexibility index (Phi) is 8.38. The summed E-state index contributed by atoms with van der Waals surface area (Å²) >= 11 is 0. The van der Waals surface area contributed by atoms with Gasteiger partial charge in [-0.05, 0) is 43.5 Å². The Bertz CT molecular complexity index is 694. The van der Waals surface area contributed by atoms with E-state index in [2.05, 4.69) is 24.5 Å². The van der Waals surface area contributed by atoms with Crippen LogP contribution in [0.4, 0.5) is 10.5 Å². The number of ether oxygens (including phenoxy) is 1. The van der Waals surface area contributed by atoms with Crippen molar-refractivity contribution in [2.45, 2.75) is 37.3 Å². The molecule has 138 valence electrons. The Morgan fingerprint density at radius 1 is 1.24 bits per heavy atom. The zero-order chi connectivity index (χ0) is 18.9. The van der Waals surface area contributed by atoms with E-state index in [4.69, 9.17) is 10.00 Å². The van der Waals surface area contributed by atoms with Crippen molar-refractivity contribution in [2.24, 2.45) is 5.92 Å². The first-order valence-electron chi connectivity index (χ1n) is 8.13. The summed E-state index contributed by atoms with van der Waals surface area (Å²) in [7, 11) is -3.67. The number of nitriles is 1. The number of benzene rings is 1. The van der Waals surface area contributed by atoms with Crippen molar-refractivity contribution in [2.75, 3.05) is 25.1 Å². The van der Waals surface area contributed by atoms with Gasteiger partial charge in [-0.25, -0.2) is 13.2 Å². The molecule has 0 spiro atoms. The monoisotopic (exact) mass is 367 g/mol. The van der Waals surface area contributed by atoms with E-state index in [1.807, 2.05) is 0 Å². The quantitative estimate of drug-likeness (QED) is 0.652. The van der Waals surface area contributed by atoms with Crippen LogP contribution in [-0.2, 0) is 14.6 Å². The number of anilines is 1. The van der Waals surface area contributed by atoms with Crippen LogP contribution in [0.25, 0.3) is 0 Å². The highest BCUT2D eigenvalue weighted by molar-refractivity contribution is 7.92. The van der Waals surface area contributed by atoms with E-state index in [0.717, 1.165) is 0 Å². The van der Waals surface area contributed by atoms with Crippen molar-refractivity contribution in [3.05, 3.63) is 24.3 Å². The molecule has 0 saturated carbocycles. The molecule has 0 aliphatic carbocycles. The number of sulfone groups is 1. The molecule has 1 atom stereocenters. The van der Waals surface area contributed by atoms with Crippen molar-refractivity contribution in [3.63, 3.8) is 0 Å². The lowest BCUT2D eigenvalue weighted by Gasteiger charge is -2.10. The summed E-state index contributed by atoms with van der Waals surface area (Å²) in [5, 5.41) is 13.0. The van der Waals surface area contributed by atoms with Crippen LogP contribution in [-0.4, -0.2) is 39.5 Å². The second-order valence-corrected chi connectivity index (χ2v) is 8.31. The molecule has 25 heavy (non-hydrogen) atoms. The second kappa shape index (κ2) is 10.0. The van der Waals surface area contributed by atoms with Gasteiger partial charge >= 0.3 is 6.03 Å². The molecule has 0 fully saturated rings. The predicted molar refractivity (Wildman–Crippen MR) is 96.0 cm³/mol. The summed E-state index contributed by atoms with van der Waals surface area (Å²) in [6.07, 6.45) is 0.712. The summed E-state index contributed by atoms with van der Waals surface area (Å²) < 4.78 is 29.5. The van der Waals surface area contributed by atoms with E-state index in [1.54, 1.807) is 6.07 Å². The number of nitrogens with one attached hydrogen (secondary N) is 2. The minimum absolute atomic E-state index is 0.0507. The molecule has 1 aromatic rings. The Morgan fingerprint density at radius 2 is 1.88 bits per heavy atom. The van der Waals surface area contributed by atoms with Gasteiger partial charge in [0.2, 0.25) is 0 Å². The van der Waals surface area contributed by atoms with Gasteiger partial charge in [-0.1, -0.05) is 13.8 Å². The van der Waals surface area contributed by atoms with Crippen LogP contribution in [0.2, 0.25) is 0 Å². The summed E-state index contributed by atoms with van der Waals surface area (Å²) in [4.78, 5) is 11.8. The van der Waals surface area contributed by atoms with E-state index in [0.29, 0.717) is 37.8 Å². The first kappa shape index (κ1) is 20.9. The van der Waals surface area contributed by atoms with Crippen molar-refractivity contribution in [3.8, 4) is 6.07 Å². The molecular formula is C17H25N3O4S. The molecule has 8 heteroatoms. The minimum atomic E-state index is -3.67. The third kappa shape index (κ3) is 7.11. The normalized spacial score (nSPS) is 12.4. The molecule has 0 aliphatic heterocycles. The highest BCUT2D eigenvalue weighted by Gasteiger charge is 2.22. The standard InChI is InChI=1S/C17H25N3O4S/c1-13(2)12-24-10-4-9-19-17(21)20-15-5-7-16(8-6-15)25(22,23)14(3)11-18/h5-8,13-14H,4,9-10,12H2,1-3H3,(H2,19,20,21)/t14-/m0/s1. The van der Waals surface area contributed by atoms with Crippen LogP contribution in [0.1, 0.15) is 27.2 Å². The number of hydrogen-bond acceptors (Lipinski definition) is 5. The maximum absolute atomic E-state index is 12.0. The fourth-order valence-electron chi connectivity index (χ4n) is 1.87. The Morgan fingerprint density at radius 3 is 2.44 bits per heavy atom. The Labute approximate surface area is 149 Å². The highest BCUT2D eigenvalue weighted by atomic mass is 32.2. The van der Waals surface area contributed by atoms with E-state index in [-0.39, 0.29) is 10.9 Å². The summed E-state index contributed by atoms with van der Waals surface area (Å²) in [5.41, 5.74) is 0.470. The topological polar surface area (TPSA) is 108 Å². The smallest absolute Gasteiger partial charge is 0.319 e. The van der Waals surface area contributed by atoms with Crippen LogP contribution in [0.3, 0.4) is 0 Å². The van der Waals surface area contributed by atoms with Gasteiger partial charge in [0, 0.05) is 25.4 Å². The number of carbonyl (C=O) groups is 1. The van der Waals surface area contributed by atoms with E-state index in [9.17, 15) is 13.2 Å². The molecule has 0 unspecified atom stereocenters. The maximum atomic E-state index is 12.0. The number of urea groups is 1. The van der Waals surface area contributed by atoms with Gasteiger partial charge in [-0.3, -0.25) is 0 Å². The highest BCUT2D eigenvalue weighted by Crippen LogP contribution is 2.18. The number of rotatable bonds is 9. The third-order valence-electron chi connectivity index (χ3n) is 3.29. The van der Waals surface area contributed by atoms with Crippen molar-refractivity contribution < 1.29 is 17.9 Å². The van der Waals surface area contributed by atoms with Crippen LogP contribution in [0.15, 0.2) is 29.2 Å². The number of nitrogens with zero attached hydrogens (tertiary/aromatic N) is 1. The molecule has 1 aromatic carbocycles. The van der Waals surface area contributed by atoms with Crippen LogP contribution in [0.5, 0.6) is 0 Å². The molecule has 2 N–H and O–H groups in total. The molecule has 2 amide bonds. The second-order valence-electron chi connectivity index (χ2n) is 6.04. The molecule has 0 aliphatic rings. The van der Waals surface area contributed by atoms with Gasteiger partial charge in [0.25, 0.3) is 0 Å². The average Bonchev–Trinajstić information content (AvgIpc) is 2.57. The largest absolute Gasteiger partial charge is 0.381 e. The molecular weight excluding hydrogens is 342 g/mol. The zero-order valence-electron chi connectivity index (χ0n) is 14.8. The van der Waals surface area contributed by atoms with E-state index < -0.39 is 15.1 Å². The molecule has 1 rings (SSSR count). The van der Waals surface area contributed by atoms with Crippen LogP contribution < -0.4 is 10.6 Å². The lowest BCUT2D eigenvalue weighted by Crippen LogP contribution is -2.30. The SMILES string of the molecule is CC(C)COCCCNC(=O)Nc1ccc(S(=O)(=O)[C@@H](C)C#N)cc1. The molecule has 0 aromatic heterocycles. The average molecular weight is 367 g/mol.